The zero-order chi connectivity index (χ0) is 12.4. The molecule has 0 amide bonds. The quantitative estimate of drug-likeness (QED) is 0.752. The van der Waals surface area contributed by atoms with Gasteiger partial charge in [-0.2, -0.15) is 0 Å². The maximum absolute atomic E-state index is 12.1. The SMILES string of the molecule is CC(C)(C(=O)O[Si](C)(C)C)c1ccccc1. The van der Waals surface area contributed by atoms with E-state index in [1.807, 2.05) is 63.8 Å². The first-order valence-electron chi connectivity index (χ1n) is 5.52. The molecule has 0 saturated carbocycles. The van der Waals surface area contributed by atoms with E-state index in [0.29, 0.717) is 0 Å². The van der Waals surface area contributed by atoms with Crippen molar-refractivity contribution >= 4 is 14.3 Å². The number of carbonyl (C=O) groups is 1. The molecule has 0 radical (unpaired) electrons. The molecule has 0 aliphatic heterocycles. The lowest BCUT2D eigenvalue weighted by atomic mass is 9.85. The molecule has 0 heterocycles. The third-order valence-corrected chi connectivity index (χ3v) is 3.20. The first kappa shape index (κ1) is 13.0. The smallest absolute Gasteiger partial charge is 0.302 e. The standard InChI is InChI=1S/C13H20O2Si/c1-13(2,11-9-7-6-8-10-11)12(14)15-16(3,4)5/h6-10H,1-5H3. The van der Waals surface area contributed by atoms with Crippen molar-refractivity contribution < 1.29 is 9.22 Å². The van der Waals surface area contributed by atoms with E-state index >= 15 is 0 Å². The van der Waals surface area contributed by atoms with Crippen LogP contribution in [0, 0.1) is 0 Å². The molecule has 1 aromatic rings. The Bertz CT molecular complexity index is 363. The van der Waals surface area contributed by atoms with E-state index in [2.05, 4.69) is 0 Å². The summed E-state index contributed by atoms with van der Waals surface area (Å²) in [4.78, 5) is 12.1. The normalized spacial score (nSPS) is 12.3. The van der Waals surface area contributed by atoms with Gasteiger partial charge < -0.3 is 4.43 Å². The van der Waals surface area contributed by atoms with Crippen molar-refractivity contribution in [2.45, 2.75) is 38.9 Å². The number of benzene rings is 1. The Balaban J connectivity index is 2.90. The lowest BCUT2D eigenvalue weighted by molar-refractivity contribution is -0.140. The molecule has 1 rings (SSSR count). The molecule has 0 fully saturated rings. The highest BCUT2D eigenvalue weighted by Gasteiger charge is 2.34. The van der Waals surface area contributed by atoms with Crippen LogP contribution < -0.4 is 0 Å². The molecule has 0 saturated heterocycles. The predicted octanol–water partition coefficient (Wildman–Crippen LogP) is 3.34. The maximum atomic E-state index is 12.1. The van der Waals surface area contributed by atoms with E-state index in [-0.39, 0.29) is 5.97 Å². The van der Waals surface area contributed by atoms with Crippen LogP contribution >= 0.6 is 0 Å². The van der Waals surface area contributed by atoms with Gasteiger partial charge in [-0.05, 0) is 39.1 Å². The van der Waals surface area contributed by atoms with Gasteiger partial charge in [0.2, 0.25) is 8.32 Å². The van der Waals surface area contributed by atoms with Crippen molar-refractivity contribution in [1.29, 1.82) is 0 Å². The van der Waals surface area contributed by atoms with Crippen LogP contribution in [0.1, 0.15) is 19.4 Å². The van der Waals surface area contributed by atoms with Crippen molar-refractivity contribution in [1.82, 2.24) is 0 Å². The molecular formula is C13H20O2Si. The molecule has 0 N–H and O–H groups in total. The Kier molecular flexibility index (Phi) is 3.58. The lowest BCUT2D eigenvalue weighted by Gasteiger charge is -2.28. The average molecular weight is 236 g/mol. The zero-order valence-electron chi connectivity index (χ0n) is 10.7. The summed E-state index contributed by atoms with van der Waals surface area (Å²) in [6.07, 6.45) is 0. The topological polar surface area (TPSA) is 26.3 Å². The van der Waals surface area contributed by atoms with E-state index in [1.54, 1.807) is 0 Å². The van der Waals surface area contributed by atoms with Gasteiger partial charge in [0.05, 0.1) is 5.41 Å². The van der Waals surface area contributed by atoms with Crippen LogP contribution in [0.25, 0.3) is 0 Å². The van der Waals surface area contributed by atoms with Gasteiger partial charge in [0.25, 0.3) is 0 Å². The second-order valence-electron chi connectivity index (χ2n) is 5.49. The highest BCUT2D eigenvalue weighted by Crippen LogP contribution is 2.25. The summed E-state index contributed by atoms with van der Waals surface area (Å²) in [6, 6.07) is 9.76. The summed E-state index contributed by atoms with van der Waals surface area (Å²) in [5, 5.41) is 0. The summed E-state index contributed by atoms with van der Waals surface area (Å²) < 4.78 is 5.56. The lowest BCUT2D eigenvalue weighted by Crippen LogP contribution is -2.39. The Hall–Kier alpha value is -1.09. The van der Waals surface area contributed by atoms with Crippen molar-refractivity contribution in [3.05, 3.63) is 35.9 Å². The summed E-state index contributed by atoms with van der Waals surface area (Å²) >= 11 is 0. The van der Waals surface area contributed by atoms with Crippen LogP contribution in [-0.2, 0) is 14.6 Å². The van der Waals surface area contributed by atoms with Gasteiger partial charge in [-0.3, -0.25) is 4.79 Å². The molecule has 0 aliphatic rings. The molecule has 3 heteroatoms. The summed E-state index contributed by atoms with van der Waals surface area (Å²) in [5.41, 5.74) is 0.430. The summed E-state index contributed by atoms with van der Waals surface area (Å²) in [5.74, 6) is -0.127. The average Bonchev–Trinajstić information content (AvgIpc) is 2.16. The zero-order valence-corrected chi connectivity index (χ0v) is 11.7. The van der Waals surface area contributed by atoms with Crippen LogP contribution in [0.5, 0.6) is 0 Å². The fourth-order valence-electron chi connectivity index (χ4n) is 1.38. The van der Waals surface area contributed by atoms with Gasteiger partial charge >= 0.3 is 5.97 Å². The van der Waals surface area contributed by atoms with Crippen molar-refractivity contribution in [2.75, 3.05) is 0 Å². The minimum atomic E-state index is -1.81. The van der Waals surface area contributed by atoms with E-state index in [0.717, 1.165) is 5.56 Å². The van der Waals surface area contributed by atoms with Crippen LogP contribution in [0.3, 0.4) is 0 Å². The molecule has 2 nitrogen and oxygen atoms in total. The molecule has 0 spiro atoms. The fourth-order valence-corrected chi connectivity index (χ4v) is 2.19. The molecule has 16 heavy (non-hydrogen) atoms. The van der Waals surface area contributed by atoms with Gasteiger partial charge in [-0.1, -0.05) is 30.3 Å². The molecule has 0 unspecified atom stereocenters. The molecule has 0 aromatic heterocycles. The number of hydrogen-bond donors (Lipinski definition) is 0. The molecular weight excluding hydrogens is 216 g/mol. The molecule has 0 atom stereocenters. The van der Waals surface area contributed by atoms with Gasteiger partial charge in [0, 0.05) is 0 Å². The van der Waals surface area contributed by atoms with Gasteiger partial charge in [-0.15, -0.1) is 0 Å². The minimum Gasteiger partial charge on any atom is -0.519 e. The van der Waals surface area contributed by atoms with Crippen molar-refractivity contribution in [3.8, 4) is 0 Å². The first-order chi connectivity index (χ1) is 7.23. The minimum absolute atomic E-state index is 0.127. The van der Waals surface area contributed by atoms with Crippen LogP contribution in [0.2, 0.25) is 19.6 Å². The Morgan fingerprint density at radius 2 is 1.62 bits per heavy atom. The molecule has 0 aliphatic carbocycles. The van der Waals surface area contributed by atoms with Crippen LogP contribution in [0.15, 0.2) is 30.3 Å². The Morgan fingerprint density at radius 1 is 1.12 bits per heavy atom. The summed E-state index contributed by atoms with van der Waals surface area (Å²) in [7, 11) is -1.81. The summed E-state index contributed by atoms with van der Waals surface area (Å²) in [6.45, 7) is 9.87. The number of hydrogen-bond acceptors (Lipinski definition) is 2. The first-order valence-corrected chi connectivity index (χ1v) is 8.93. The van der Waals surface area contributed by atoms with Crippen LogP contribution in [0.4, 0.5) is 0 Å². The third kappa shape index (κ3) is 3.20. The van der Waals surface area contributed by atoms with E-state index in [9.17, 15) is 4.79 Å². The largest absolute Gasteiger partial charge is 0.519 e. The number of rotatable bonds is 3. The molecule has 0 bridgehead atoms. The Morgan fingerprint density at radius 3 is 2.06 bits per heavy atom. The van der Waals surface area contributed by atoms with Crippen molar-refractivity contribution in [2.24, 2.45) is 0 Å². The van der Waals surface area contributed by atoms with E-state index < -0.39 is 13.7 Å². The monoisotopic (exact) mass is 236 g/mol. The molecule has 88 valence electrons. The fraction of sp³-hybridized carbons (Fsp3) is 0.462. The second-order valence-corrected chi connectivity index (χ2v) is 9.92. The maximum Gasteiger partial charge on any atom is 0.302 e. The van der Waals surface area contributed by atoms with Crippen molar-refractivity contribution in [3.63, 3.8) is 0 Å². The second kappa shape index (κ2) is 4.42. The van der Waals surface area contributed by atoms with Gasteiger partial charge in [0.1, 0.15) is 0 Å². The van der Waals surface area contributed by atoms with E-state index in [4.69, 9.17) is 4.43 Å². The Labute approximate surface area is 98.8 Å². The predicted molar refractivity (Wildman–Crippen MR) is 68.9 cm³/mol. The number of carbonyl (C=O) groups excluding carboxylic acids is 1. The van der Waals surface area contributed by atoms with Gasteiger partial charge in [0.15, 0.2) is 0 Å². The third-order valence-electron chi connectivity index (χ3n) is 2.40. The molecule has 1 aromatic carbocycles. The van der Waals surface area contributed by atoms with Crippen LogP contribution in [-0.4, -0.2) is 14.3 Å². The van der Waals surface area contributed by atoms with Gasteiger partial charge in [-0.25, -0.2) is 0 Å². The highest BCUT2D eigenvalue weighted by atomic mass is 28.4. The van der Waals surface area contributed by atoms with E-state index in [1.165, 1.54) is 0 Å². The highest BCUT2D eigenvalue weighted by molar-refractivity contribution is 6.71.